The average molecular weight is 314 g/mol. The minimum Gasteiger partial charge on any atom is -0.453 e. The minimum absolute atomic E-state index is 0.592. The molecule has 0 bridgehead atoms. The quantitative estimate of drug-likeness (QED) is 0.640. The van der Waals surface area contributed by atoms with E-state index in [2.05, 4.69) is 21.2 Å². The number of anilines is 1. The van der Waals surface area contributed by atoms with Crippen LogP contribution in [0.15, 0.2) is 22.7 Å². The Morgan fingerprint density at radius 3 is 2.39 bits per heavy atom. The highest BCUT2D eigenvalue weighted by atomic mass is 79.9. The SMILES string of the molecule is Cc1cc(Br)ccc1NC(=O)C(=O)OC(C)(C)C. The molecular formula is C13H16BrNO3. The molecular weight excluding hydrogens is 298 g/mol. The van der Waals surface area contributed by atoms with Gasteiger partial charge < -0.3 is 10.1 Å². The number of amides is 1. The molecule has 18 heavy (non-hydrogen) atoms. The van der Waals surface area contributed by atoms with Crippen LogP contribution in [-0.4, -0.2) is 17.5 Å². The number of hydrogen-bond donors (Lipinski definition) is 1. The van der Waals surface area contributed by atoms with Crippen LogP contribution in [0.5, 0.6) is 0 Å². The summed E-state index contributed by atoms with van der Waals surface area (Å²) in [7, 11) is 0. The maximum Gasteiger partial charge on any atom is 0.397 e. The molecule has 1 aromatic carbocycles. The summed E-state index contributed by atoms with van der Waals surface area (Å²) in [5.74, 6) is -1.65. The monoisotopic (exact) mass is 313 g/mol. The maximum atomic E-state index is 11.6. The van der Waals surface area contributed by atoms with Crippen LogP contribution in [0.3, 0.4) is 0 Å². The Kier molecular flexibility index (Phi) is 4.51. The number of ether oxygens (including phenoxy) is 1. The molecule has 0 atom stereocenters. The molecule has 0 saturated carbocycles. The maximum absolute atomic E-state index is 11.6. The van der Waals surface area contributed by atoms with E-state index in [1.54, 1.807) is 32.9 Å². The van der Waals surface area contributed by atoms with Crippen molar-refractivity contribution in [1.29, 1.82) is 0 Å². The van der Waals surface area contributed by atoms with E-state index in [9.17, 15) is 9.59 Å². The number of benzene rings is 1. The van der Waals surface area contributed by atoms with Gasteiger partial charge in [0.25, 0.3) is 0 Å². The molecule has 1 amide bonds. The van der Waals surface area contributed by atoms with Crippen molar-refractivity contribution in [2.75, 3.05) is 5.32 Å². The number of carbonyl (C=O) groups is 2. The van der Waals surface area contributed by atoms with Gasteiger partial charge in [-0.25, -0.2) is 4.79 Å². The summed E-state index contributed by atoms with van der Waals surface area (Å²) in [6.45, 7) is 6.98. The van der Waals surface area contributed by atoms with Gasteiger partial charge in [0.05, 0.1) is 0 Å². The summed E-state index contributed by atoms with van der Waals surface area (Å²) in [6, 6.07) is 5.37. The molecule has 0 aromatic heterocycles. The van der Waals surface area contributed by atoms with Crippen molar-refractivity contribution >= 4 is 33.5 Å². The summed E-state index contributed by atoms with van der Waals surface area (Å²) in [4.78, 5) is 23.1. The molecule has 98 valence electrons. The van der Waals surface area contributed by atoms with Crippen LogP contribution in [0, 0.1) is 6.92 Å². The standard InChI is InChI=1S/C13H16BrNO3/c1-8-7-9(14)5-6-10(8)15-11(16)12(17)18-13(2,3)4/h5-7H,1-4H3,(H,15,16). The Hall–Kier alpha value is -1.36. The predicted octanol–water partition coefficient (Wildman–Crippen LogP) is 3.04. The molecule has 1 rings (SSSR count). The summed E-state index contributed by atoms with van der Waals surface area (Å²) in [5, 5.41) is 2.53. The van der Waals surface area contributed by atoms with Crippen LogP contribution < -0.4 is 5.32 Å². The first kappa shape index (κ1) is 14.7. The lowest BCUT2D eigenvalue weighted by molar-refractivity contribution is -0.161. The topological polar surface area (TPSA) is 55.4 Å². The zero-order chi connectivity index (χ0) is 13.9. The van der Waals surface area contributed by atoms with Crippen molar-refractivity contribution in [2.45, 2.75) is 33.3 Å². The summed E-state index contributed by atoms with van der Waals surface area (Å²) in [5.41, 5.74) is 0.777. The van der Waals surface area contributed by atoms with E-state index in [1.807, 2.05) is 13.0 Å². The molecule has 4 nitrogen and oxygen atoms in total. The van der Waals surface area contributed by atoms with E-state index in [-0.39, 0.29) is 0 Å². The predicted molar refractivity (Wildman–Crippen MR) is 73.4 cm³/mol. The molecule has 0 spiro atoms. The largest absolute Gasteiger partial charge is 0.453 e. The molecule has 0 radical (unpaired) electrons. The van der Waals surface area contributed by atoms with Gasteiger partial charge in [0, 0.05) is 10.2 Å². The summed E-state index contributed by atoms with van der Waals surface area (Å²) in [6.07, 6.45) is 0. The van der Waals surface area contributed by atoms with Crippen molar-refractivity contribution in [1.82, 2.24) is 0 Å². The minimum atomic E-state index is -0.884. The normalized spacial score (nSPS) is 10.9. The first-order chi connectivity index (χ1) is 8.19. The zero-order valence-electron chi connectivity index (χ0n) is 10.8. The molecule has 5 heteroatoms. The second-order valence-electron chi connectivity index (χ2n) is 4.92. The van der Waals surface area contributed by atoms with Crippen LogP contribution in [0.1, 0.15) is 26.3 Å². The van der Waals surface area contributed by atoms with Gasteiger partial charge in [-0.2, -0.15) is 0 Å². The van der Waals surface area contributed by atoms with Crippen LogP contribution in [0.2, 0.25) is 0 Å². The molecule has 1 N–H and O–H groups in total. The van der Waals surface area contributed by atoms with Gasteiger partial charge >= 0.3 is 11.9 Å². The fraction of sp³-hybridized carbons (Fsp3) is 0.385. The molecule has 0 unspecified atom stereocenters. The van der Waals surface area contributed by atoms with Crippen LogP contribution in [0.4, 0.5) is 5.69 Å². The third-order valence-corrected chi connectivity index (χ3v) is 2.51. The molecule has 0 aliphatic rings. The van der Waals surface area contributed by atoms with Gasteiger partial charge in [-0.05, 0) is 51.5 Å². The van der Waals surface area contributed by atoms with E-state index in [4.69, 9.17) is 4.74 Å². The van der Waals surface area contributed by atoms with Gasteiger partial charge in [-0.3, -0.25) is 4.79 Å². The van der Waals surface area contributed by atoms with Crippen molar-refractivity contribution in [2.24, 2.45) is 0 Å². The van der Waals surface area contributed by atoms with Gasteiger partial charge in [-0.15, -0.1) is 0 Å². The Balaban J connectivity index is 2.73. The van der Waals surface area contributed by atoms with E-state index >= 15 is 0 Å². The van der Waals surface area contributed by atoms with Gasteiger partial charge in [0.2, 0.25) is 0 Å². The highest BCUT2D eigenvalue weighted by Gasteiger charge is 2.23. The fourth-order valence-electron chi connectivity index (χ4n) is 1.27. The van der Waals surface area contributed by atoms with Gasteiger partial charge in [0.15, 0.2) is 0 Å². The van der Waals surface area contributed by atoms with E-state index in [0.29, 0.717) is 5.69 Å². The smallest absolute Gasteiger partial charge is 0.397 e. The molecule has 0 heterocycles. The molecule has 0 aliphatic heterocycles. The molecule has 1 aromatic rings. The zero-order valence-corrected chi connectivity index (χ0v) is 12.4. The number of halogens is 1. The van der Waals surface area contributed by atoms with Crippen molar-refractivity contribution in [3.63, 3.8) is 0 Å². The van der Waals surface area contributed by atoms with Gasteiger partial charge in [0.1, 0.15) is 5.60 Å². The Labute approximate surface area is 115 Å². The fourth-order valence-corrected chi connectivity index (χ4v) is 1.74. The number of nitrogens with one attached hydrogen (secondary N) is 1. The molecule has 0 fully saturated rings. The first-order valence-corrected chi connectivity index (χ1v) is 6.29. The summed E-state index contributed by atoms with van der Waals surface area (Å²) < 4.78 is 5.89. The first-order valence-electron chi connectivity index (χ1n) is 5.49. The second kappa shape index (κ2) is 5.52. The lowest BCUT2D eigenvalue weighted by Crippen LogP contribution is -2.32. The van der Waals surface area contributed by atoms with Crippen molar-refractivity contribution in [3.05, 3.63) is 28.2 Å². The van der Waals surface area contributed by atoms with Crippen LogP contribution >= 0.6 is 15.9 Å². The van der Waals surface area contributed by atoms with E-state index < -0.39 is 17.5 Å². The number of aryl methyl sites for hydroxylation is 1. The molecule has 0 aliphatic carbocycles. The lowest BCUT2D eigenvalue weighted by atomic mass is 10.2. The summed E-state index contributed by atoms with van der Waals surface area (Å²) >= 11 is 3.33. The lowest BCUT2D eigenvalue weighted by Gasteiger charge is -2.19. The van der Waals surface area contributed by atoms with Crippen molar-refractivity contribution in [3.8, 4) is 0 Å². The Bertz CT molecular complexity index is 478. The molecule has 0 saturated heterocycles. The van der Waals surface area contributed by atoms with Crippen LogP contribution in [-0.2, 0) is 14.3 Å². The van der Waals surface area contributed by atoms with Crippen LogP contribution in [0.25, 0.3) is 0 Å². The highest BCUT2D eigenvalue weighted by Crippen LogP contribution is 2.20. The Morgan fingerprint density at radius 1 is 1.28 bits per heavy atom. The van der Waals surface area contributed by atoms with E-state index in [0.717, 1.165) is 10.0 Å². The van der Waals surface area contributed by atoms with Crippen molar-refractivity contribution < 1.29 is 14.3 Å². The number of hydrogen-bond acceptors (Lipinski definition) is 3. The van der Waals surface area contributed by atoms with Gasteiger partial charge in [-0.1, -0.05) is 15.9 Å². The Morgan fingerprint density at radius 2 is 1.89 bits per heavy atom. The van der Waals surface area contributed by atoms with E-state index in [1.165, 1.54) is 0 Å². The third kappa shape index (κ3) is 4.49. The number of esters is 1. The average Bonchev–Trinajstić information content (AvgIpc) is 2.19. The number of carbonyl (C=O) groups excluding carboxylic acids is 2. The third-order valence-electron chi connectivity index (χ3n) is 2.02. The highest BCUT2D eigenvalue weighted by molar-refractivity contribution is 9.10. The second-order valence-corrected chi connectivity index (χ2v) is 5.83. The number of rotatable bonds is 1.